The summed E-state index contributed by atoms with van der Waals surface area (Å²) in [4.78, 5) is 30.0. The largest absolute Gasteiger partial charge is 0.497 e. The van der Waals surface area contributed by atoms with Gasteiger partial charge in [0.2, 0.25) is 11.8 Å². The summed E-state index contributed by atoms with van der Waals surface area (Å²) in [5.74, 6) is 1.84. The van der Waals surface area contributed by atoms with Crippen molar-refractivity contribution in [1.82, 2.24) is 9.80 Å². The molecular weight excluding hydrogens is 400 g/mol. The molecule has 2 aromatic carbocycles. The third-order valence-corrected chi connectivity index (χ3v) is 7.09. The monoisotopic (exact) mass is 434 g/mol. The maximum atomic E-state index is 13.4. The fourth-order valence-corrected chi connectivity index (χ4v) is 5.08. The van der Waals surface area contributed by atoms with Crippen LogP contribution in [-0.4, -0.2) is 55.9 Å². The number of carbonyl (C=O) groups is 2. The molecule has 0 unspecified atom stereocenters. The van der Waals surface area contributed by atoms with E-state index < -0.39 is 5.41 Å². The third kappa shape index (κ3) is 4.52. The van der Waals surface area contributed by atoms with Gasteiger partial charge < -0.3 is 14.5 Å². The third-order valence-electron chi connectivity index (χ3n) is 7.09. The fourth-order valence-electron chi connectivity index (χ4n) is 5.08. The smallest absolute Gasteiger partial charge is 0.230 e. The van der Waals surface area contributed by atoms with Gasteiger partial charge in [-0.25, -0.2) is 0 Å². The van der Waals surface area contributed by atoms with Crippen molar-refractivity contribution in [3.63, 3.8) is 0 Å². The predicted octanol–water partition coefficient (Wildman–Crippen LogP) is 4.26. The molecule has 32 heavy (non-hydrogen) atoms. The number of nitrogens with zero attached hydrogens (tertiary/aromatic N) is 2. The van der Waals surface area contributed by atoms with Crippen molar-refractivity contribution in [2.24, 2.45) is 17.3 Å². The van der Waals surface area contributed by atoms with Gasteiger partial charge in [-0.05, 0) is 60.4 Å². The highest BCUT2D eigenvalue weighted by molar-refractivity contribution is 5.86. The molecule has 4 rings (SSSR count). The summed E-state index contributed by atoms with van der Waals surface area (Å²) in [5.41, 5.74) is 2.83. The lowest BCUT2D eigenvalue weighted by Gasteiger charge is -2.43. The summed E-state index contributed by atoms with van der Waals surface area (Å²) in [5, 5.41) is 0. The molecule has 2 aromatic rings. The lowest BCUT2D eigenvalue weighted by atomic mass is 9.73. The minimum absolute atomic E-state index is 0.123. The van der Waals surface area contributed by atoms with Crippen molar-refractivity contribution in [2.75, 3.05) is 34.3 Å². The summed E-state index contributed by atoms with van der Waals surface area (Å²) in [7, 11) is 5.31. The van der Waals surface area contributed by atoms with E-state index in [4.69, 9.17) is 4.74 Å². The van der Waals surface area contributed by atoms with Crippen LogP contribution in [0.15, 0.2) is 48.5 Å². The van der Waals surface area contributed by atoms with Crippen LogP contribution >= 0.6 is 0 Å². The molecule has 0 aromatic heterocycles. The molecule has 0 N–H and O–H groups in total. The van der Waals surface area contributed by atoms with E-state index >= 15 is 0 Å². The Labute approximate surface area is 191 Å². The van der Waals surface area contributed by atoms with E-state index in [1.807, 2.05) is 43.3 Å². The minimum Gasteiger partial charge on any atom is -0.497 e. The molecule has 170 valence electrons. The zero-order valence-corrected chi connectivity index (χ0v) is 19.6. The second kappa shape index (κ2) is 8.97. The van der Waals surface area contributed by atoms with Gasteiger partial charge in [-0.15, -0.1) is 0 Å². The molecular formula is C27H34N2O3. The summed E-state index contributed by atoms with van der Waals surface area (Å²) >= 11 is 0. The number of benzene rings is 2. The molecule has 3 atom stereocenters. The SMILES string of the molecule is COc1ccc(-c2ccc(C[C@]3(C(=O)N(C)C)CCCN(C(=O)[C@H]4C[C@H]4C)C3)cc2)cc1. The van der Waals surface area contributed by atoms with E-state index in [1.165, 1.54) is 0 Å². The zero-order chi connectivity index (χ0) is 22.9. The van der Waals surface area contributed by atoms with Crippen LogP contribution in [0.5, 0.6) is 5.75 Å². The molecule has 5 heteroatoms. The van der Waals surface area contributed by atoms with Crippen LogP contribution in [0.25, 0.3) is 11.1 Å². The summed E-state index contributed by atoms with van der Waals surface area (Å²) in [6.45, 7) is 3.42. The molecule has 0 bridgehead atoms. The van der Waals surface area contributed by atoms with Crippen molar-refractivity contribution >= 4 is 11.8 Å². The minimum atomic E-state index is -0.558. The summed E-state index contributed by atoms with van der Waals surface area (Å²) in [6, 6.07) is 16.5. The topological polar surface area (TPSA) is 49.9 Å². The van der Waals surface area contributed by atoms with Crippen LogP contribution in [0.2, 0.25) is 0 Å². The maximum absolute atomic E-state index is 13.4. The van der Waals surface area contributed by atoms with Gasteiger partial charge in [-0.3, -0.25) is 9.59 Å². The van der Waals surface area contributed by atoms with E-state index in [-0.39, 0.29) is 17.7 Å². The second-order valence-electron chi connectivity index (χ2n) is 9.76. The van der Waals surface area contributed by atoms with E-state index in [9.17, 15) is 9.59 Å². The molecule has 2 fully saturated rings. The molecule has 1 heterocycles. The first-order valence-corrected chi connectivity index (χ1v) is 11.6. The molecule has 0 spiro atoms. The number of ether oxygens (including phenoxy) is 1. The quantitative estimate of drug-likeness (QED) is 0.683. The summed E-state index contributed by atoms with van der Waals surface area (Å²) < 4.78 is 5.25. The highest BCUT2D eigenvalue weighted by atomic mass is 16.5. The van der Waals surface area contributed by atoms with Gasteiger partial charge in [0.25, 0.3) is 0 Å². The first kappa shape index (κ1) is 22.4. The van der Waals surface area contributed by atoms with Crippen molar-refractivity contribution in [1.29, 1.82) is 0 Å². The van der Waals surface area contributed by atoms with Crippen LogP contribution in [0.4, 0.5) is 0 Å². The average Bonchev–Trinajstić information content (AvgIpc) is 3.55. The van der Waals surface area contributed by atoms with Gasteiger partial charge in [0.05, 0.1) is 12.5 Å². The zero-order valence-electron chi connectivity index (χ0n) is 19.6. The molecule has 2 aliphatic rings. The molecule has 0 radical (unpaired) electrons. The highest BCUT2D eigenvalue weighted by Crippen LogP contribution is 2.42. The number of likely N-dealkylation sites (tertiary alicyclic amines) is 1. The first-order valence-electron chi connectivity index (χ1n) is 11.6. The number of piperidine rings is 1. The van der Waals surface area contributed by atoms with Crippen LogP contribution < -0.4 is 4.74 Å². The maximum Gasteiger partial charge on any atom is 0.230 e. The van der Waals surface area contributed by atoms with Crippen LogP contribution in [0.1, 0.15) is 31.7 Å². The van der Waals surface area contributed by atoms with Crippen LogP contribution in [-0.2, 0) is 16.0 Å². The molecule has 2 amide bonds. The number of hydrogen-bond donors (Lipinski definition) is 0. The Hall–Kier alpha value is -2.82. The van der Waals surface area contributed by atoms with Crippen LogP contribution in [0, 0.1) is 17.3 Å². The second-order valence-corrected chi connectivity index (χ2v) is 9.76. The van der Waals surface area contributed by atoms with E-state index in [2.05, 4.69) is 31.2 Å². The number of hydrogen-bond acceptors (Lipinski definition) is 3. The van der Waals surface area contributed by atoms with Gasteiger partial charge in [-0.1, -0.05) is 43.3 Å². The molecule has 1 saturated heterocycles. The van der Waals surface area contributed by atoms with Gasteiger partial charge in [-0.2, -0.15) is 0 Å². The van der Waals surface area contributed by atoms with Crippen LogP contribution in [0.3, 0.4) is 0 Å². The molecule has 1 aliphatic heterocycles. The van der Waals surface area contributed by atoms with Crippen molar-refractivity contribution in [3.05, 3.63) is 54.1 Å². The van der Waals surface area contributed by atoms with Gasteiger partial charge in [0.15, 0.2) is 0 Å². The predicted molar refractivity (Wildman–Crippen MR) is 126 cm³/mol. The number of carbonyl (C=O) groups excluding carboxylic acids is 2. The van der Waals surface area contributed by atoms with Gasteiger partial charge in [0.1, 0.15) is 5.75 Å². The number of methoxy groups -OCH3 is 1. The Balaban J connectivity index is 1.54. The van der Waals surface area contributed by atoms with E-state index in [0.29, 0.717) is 18.9 Å². The fraction of sp³-hybridized carbons (Fsp3) is 0.481. The average molecular weight is 435 g/mol. The van der Waals surface area contributed by atoms with Gasteiger partial charge >= 0.3 is 0 Å². The first-order chi connectivity index (χ1) is 15.3. The van der Waals surface area contributed by atoms with Crippen molar-refractivity contribution in [2.45, 2.75) is 32.6 Å². The van der Waals surface area contributed by atoms with E-state index in [1.54, 1.807) is 12.0 Å². The lowest BCUT2D eigenvalue weighted by Crippen LogP contribution is -2.54. The Kier molecular flexibility index (Phi) is 6.27. The summed E-state index contributed by atoms with van der Waals surface area (Å²) in [6.07, 6.45) is 3.32. The van der Waals surface area contributed by atoms with Crippen molar-refractivity contribution < 1.29 is 14.3 Å². The number of rotatable bonds is 6. The molecule has 5 nitrogen and oxygen atoms in total. The Morgan fingerprint density at radius 3 is 2.19 bits per heavy atom. The van der Waals surface area contributed by atoms with E-state index in [0.717, 1.165) is 48.2 Å². The Morgan fingerprint density at radius 1 is 1.06 bits per heavy atom. The standard InChI is InChI=1S/C27H34N2O3/c1-19-16-24(19)25(30)29-15-5-14-27(18-29,26(31)28(2)3)17-20-6-8-21(9-7-20)22-10-12-23(32-4)13-11-22/h6-13,19,24H,5,14-18H2,1-4H3/t19-,24+,27-/m1/s1. The van der Waals surface area contributed by atoms with Gasteiger partial charge in [0, 0.05) is 33.1 Å². The normalized spacial score (nSPS) is 24.7. The molecule has 1 aliphatic carbocycles. The highest BCUT2D eigenvalue weighted by Gasteiger charge is 2.48. The molecule has 1 saturated carbocycles. The Morgan fingerprint density at radius 2 is 1.66 bits per heavy atom. The van der Waals surface area contributed by atoms with Crippen molar-refractivity contribution in [3.8, 4) is 16.9 Å². The Bertz CT molecular complexity index is 967. The number of amides is 2. The lowest BCUT2D eigenvalue weighted by molar-refractivity contribution is -0.147.